The summed E-state index contributed by atoms with van der Waals surface area (Å²) in [5.41, 5.74) is 0. The minimum Gasteiger partial charge on any atom is -0.447 e. The van der Waals surface area contributed by atoms with Gasteiger partial charge in [-0.25, -0.2) is 4.79 Å². The molecule has 86 valence electrons. The van der Waals surface area contributed by atoms with Gasteiger partial charge in [-0.1, -0.05) is 6.92 Å². The first-order valence-electron chi connectivity index (χ1n) is 4.97. The van der Waals surface area contributed by atoms with Gasteiger partial charge in [0.25, 0.3) is 0 Å². The summed E-state index contributed by atoms with van der Waals surface area (Å²) in [4.78, 5) is 23.4. The van der Waals surface area contributed by atoms with Crippen LogP contribution in [-0.4, -0.2) is 34.9 Å². The van der Waals surface area contributed by atoms with Crippen LogP contribution in [0, 0.1) is 4.91 Å². The summed E-state index contributed by atoms with van der Waals surface area (Å²) in [6.07, 6.45) is 0.586. The summed E-state index contributed by atoms with van der Waals surface area (Å²) in [5.74, 6) is 0. The molecule has 6 heteroatoms. The second-order valence-corrected chi connectivity index (χ2v) is 5.44. The van der Waals surface area contributed by atoms with Crippen molar-refractivity contribution in [2.45, 2.75) is 38.0 Å². The van der Waals surface area contributed by atoms with Gasteiger partial charge < -0.3 is 9.64 Å². The molecule has 0 aromatic heterocycles. The van der Waals surface area contributed by atoms with Crippen LogP contribution in [0.1, 0.15) is 27.2 Å². The van der Waals surface area contributed by atoms with Crippen LogP contribution < -0.4 is 0 Å². The molecule has 5 nitrogen and oxygen atoms in total. The van der Waals surface area contributed by atoms with Crippen molar-refractivity contribution in [2.24, 2.45) is 4.58 Å². The molecule has 1 aliphatic rings. The highest BCUT2D eigenvalue weighted by Crippen LogP contribution is 2.34. The summed E-state index contributed by atoms with van der Waals surface area (Å²) in [6, 6.07) is -0.0763. The SMILES string of the molecule is CCCN1C(=O)OC[C@H]1C(C)(C)SN=O. The van der Waals surface area contributed by atoms with Crippen molar-refractivity contribution < 1.29 is 9.53 Å². The van der Waals surface area contributed by atoms with E-state index in [1.807, 2.05) is 20.8 Å². The molecule has 1 aliphatic heterocycles. The molecule has 0 aliphatic carbocycles. The number of nitroso groups, excluding NO2 is 1. The number of ether oxygens (including phenoxy) is 1. The molecule has 1 rings (SSSR count). The van der Waals surface area contributed by atoms with Crippen LogP contribution in [0.15, 0.2) is 4.58 Å². The van der Waals surface area contributed by atoms with Gasteiger partial charge >= 0.3 is 6.09 Å². The van der Waals surface area contributed by atoms with Gasteiger partial charge in [0.1, 0.15) is 6.61 Å². The third-order valence-corrected chi connectivity index (χ3v) is 3.33. The van der Waals surface area contributed by atoms with E-state index in [1.165, 1.54) is 0 Å². The van der Waals surface area contributed by atoms with E-state index < -0.39 is 4.75 Å². The Hall–Kier alpha value is -0.780. The summed E-state index contributed by atoms with van der Waals surface area (Å²) in [6.45, 7) is 6.80. The summed E-state index contributed by atoms with van der Waals surface area (Å²) in [7, 11) is 0. The molecule has 0 aromatic carbocycles. The molecule has 0 bridgehead atoms. The standard InChI is InChI=1S/C9H16N2O3S/c1-4-5-11-7(6-14-8(11)12)9(2,3)15-10-13/h7H,4-6H2,1-3H3/t7-/m0/s1. The molecular weight excluding hydrogens is 216 g/mol. The molecule has 1 fully saturated rings. The van der Waals surface area contributed by atoms with Crippen molar-refractivity contribution in [1.82, 2.24) is 4.90 Å². The Morgan fingerprint density at radius 3 is 2.87 bits per heavy atom. The number of nitrogens with zero attached hydrogens (tertiary/aromatic N) is 2. The minimum absolute atomic E-state index is 0.0763. The fourth-order valence-corrected chi connectivity index (χ4v) is 2.18. The molecule has 0 aromatic rings. The van der Waals surface area contributed by atoms with Crippen molar-refractivity contribution in [2.75, 3.05) is 13.2 Å². The molecule has 0 saturated carbocycles. The smallest absolute Gasteiger partial charge is 0.410 e. The van der Waals surface area contributed by atoms with E-state index in [0.29, 0.717) is 13.2 Å². The zero-order valence-electron chi connectivity index (χ0n) is 9.23. The minimum atomic E-state index is -0.400. The number of hydrogen-bond acceptors (Lipinski definition) is 5. The highest BCUT2D eigenvalue weighted by molar-refractivity contribution is 7.99. The highest BCUT2D eigenvalue weighted by atomic mass is 32.2. The fourth-order valence-electron chi connectivity index (χ4n) is 1.67. The molecule has 1 saturated heterocycles. The molecule has 0 N–H and O–H groups in total. The fraction of sp³-hybridized carbons (Fsp3) is 0.889. The number of carbonyl (C=O) groups excluding carboxylic acids is 1. The van der Waals surface area contributed by atoms with Gasteiger partial charge in [0.15, 0.2) is 0 Å². The van der Waals surface area contributed by atoms with E-state index in [1.54, 1.807) is 4.90 Å². The van der Waals surface area contributed by atoms with E-state index in [4.69, 9.17) is 4.74 Å². The van der Waals surface area contributed by atoms with Crippen LogP contribution in [0.3, 0.4) is 0 Å². The predicted octanol–water partition coefficient (Wildman–Crippen LogP) is 2.41. The average molecular weight is 232 g/mol. The van der Waals surface area contributed by atoms with Crippen LogP contribution in [0.4, 0.5) is 4.79 Å². The van der Waals surface area contributed by atoms with Crippen molar-refractivity contribution in [3.8, 4) is 0 Å². The Balaban J connectivity index is 2.75. The van der Waals surface area contributed by atoms with Gasteiger partial charge in [0.2, 0.25) is 0 Å². The Morgan fingerprint density at radius 2 is 2.33 bits per heavy atom. The Bertz CT molecular complexity index is 258. The molecule has 1 atom stereocenters. The number of rotatable bonds is 5. The zero-order chi connectivity index (χ0) is 11.5. The average Bonchev–Trinajstić information content (AvgIpc) is 2.49. The van der Waals surface area contributed by atoms with Crippen molar-refractivity contribution in [3.05, 3.63) is 4.91 Å². The van der Waals surface area contributed by atoms with Gasteiger partial charge in [-0.2, -0.15) is 0 Å². The van der Waals surface area contributed by atoms with Crippen LogP contribution in [0.25, 0.3) is 0 Å². The lowest BCUT2D eigenvalue weighted by Gasteiger charge is -2.31. The number of amides is 1. The van der Waals surface area contributed by atoms with Crippen LogP contribution in [0.2, 0.25) is 0 Å². The first kappa shape index (κ1) is 12.3. The van der Waals surface area contributed by atoms with E-state index >= 15 is 0 Å². The van der Waals surface area contributed by atoms with Crippen LogP contribution in [-0.2, 0) is 4.74 Å². The monoisotopic (exact) mass is 232 g/mol. The third kappa shape index (κ3) is 2.62. The topological polar surface area (TPSA) is 59.0 Å². The van der Waals surface area contributed by atoms with E-state index in [9.17, 15) is 9.70 Å². The molecule has 1 heterocycles. The molecule has 15 heavy (non-hydrogen) atoms. The maximum atomic E-state index is 11.4. The van der Waals surface area contributed by atoms with Gasteiger partial charge in [-0.15, -0.1) is 4.91 Å². The van der Waals surface area contributed by atoms with Crippen molar-refractivity contribution in [1.29, 1.82) is 0 Å². The molecular formula is C9H16N2O3S. The van der Waals surface area contributed by atoms with Crippen LogP contribution >= 0.6 is 11.9 Å². The van der Waals surface area contributed by atoms with Gasteiger partial charge in [0, 0.05) is 23.1 Å². The van der Waals surface area contributed by atoms with Gasteiger partial charge in [-0.05, 0) is 20.3 Å². The normalized spacial score (nSPS) is 21.7. The maximum Gasteiger partial charge on any atom is 0.410 e. The summed E-state index contributed by atoms with van der Waals surface area (Å²) < 4.78 is 7.44. The number of cyclic esters (lactones) is 1. The Labute approximate surface area is 93.6 Å². The molecule has 0 spiro atoms. The summed E-state index contributed by atoms with van der Waals surface area (Å²) >= 11 is 0.958. The first-order chi connectivity index (χ1) is 7.03. The second kappa shape index (κ2) is 4.83. The van der Waals surface area contributed by atoms with Crippen LogP contribution in [0.5, 0.6) is 0 Å². The molecule has 1 amide bonds. The number of hydrogen-bond donors (Lipinski definition) is 0. The van der Waals surface area contributed by atoms with Gasteiger partial charge in [-0.3, -0.25) is 0 Å². The quantitative estimate of drug-likeness (QED) is 0.539. The lowest BCUT2D eigenvalue weighted by atomic mass is 10.0. The lowest BCUT2D eigenvalue weighted by molar-refractivity contribution is 0.157. The van der Waals surface area contributed by atoms with Gasteiger partial charge in [0.05, 0.1) is 10.8 Å². The lowest BCUT2D eigenvalue weighted by Crippen LogP contribution is -2.46. The molecule has 0 radical (unpaired) electrons. The first-order valence-corrected chi connectivity index (χ1v) is 5.74. The molecule has 0 unspecified atom stereocenters. The summed E-state index contributed by atoms with van der Waals surface area (Å²) in [5, 5.41) is 0. The second-order valence-electron chi connectivity index (χ2n) is 4.06. The van der Waals surface area contributed by atoms with Crippen molar-refractivity contribution >= 4 is 18.0 Å². The Kier molecular flexibility index (Phi) is 3.96. The van der Waals surface area contributed by atoms with E-state index in [-0.39, 0.29) is 12.1 Å². The maximum absolute atomic E-state index is 11.4. The van der Waals surface area contributed by atoms with Crippen molar-refractivity contribution in [3.63, 3.8) is 0 Å². The van der Waals surface area contributed by atoms with E-state index in [2.05, 4.69) is 4.58 Å². The Morgan fingerprint density at radius 1 is 1.67 bits per heavy atom. The van der Waals surface area contributed by atoms with E-state index in [0.717, 1.165) is 18.4 Å². The number of carbonyl (C=O) groups is 1. The largest absolute Gasteiger partial charge is 0.447 e. The third-order valence-electron chi connectivity index (χ3n) is 2.51. The predicted molar refractivity (Wildman–Crippen MR) is 59.6 cm³/mol. The highest BCUT2D eigenvalue weighted by Gasteiger charge is 2.43. The zero-order valence-corrected chi connectivity index (χ0v) is 10.0.